The molecule has 1 amide bonds. The van der Waals surface area contributed by atoms with Gasteiger partial charge >= 0.3 is 0 Å². The minimum atomic E-state index is -3.77. The minimum absolute atomic E-state index is 0.0349. The average molecular weight is 414 g/mol. The van der Waals surface area contributed by atoms with Crippen molar-refractivity contribution in [2.75, 3.05) is 12.4 Å². The Morgan fingerprint density at radius 3 is 2.48 bits per heavy atom. The third-order valence-electron chi connectivity index (χ3n) is 4.30. The van der Waals surface area contributed by atoms with Gasteiger partial charge in [0.05, 0.1) is 17.7 Å². The van der Waals surface area contributed by atoms with Crippen molar-refractivity contribution in [3.8, 4) is 11.4 Å². The van der Waals surface area contributed by atoms with E-state index in [1.54, 1.807) is 6.20 Å². The van der Waals surface area contributed by atoms with Crippen LogP contribution in [0.25, 0.3) is 5.69 Å². The van der Waals surface area contributed by atoms with Crippen molar-refractivity contribution in [3.05, 3.63) is 66.2 Å². The molecule has 1 aromatic heterocycles. The molecule has 29 heavy (non-hydrogen) atoms. The first kappa shape index (κ1) is 20.6. The van der Waals surface area contributed by atoms with E-state index < -0.39 is 10.0 Å². The fourth-order valence-corrected chi connectivity index (χ4v) is 3.87. The number of imidazole rings is 1. The summed E-state index contributed by atoms with van der Waals surface area (Å²) in [6, 6.07) is 11.8. The predicted octanol–water partition coefficient (Wildman–Crippen LogP) is 2.63. The van der Waals surface area contributed by atoms with Crippen LogP contribution >= 0.6 is 0 Å². The van der Waals surface area contributed by atoms with Gasteiger partial charge in [0.25, 0.3) is 0 Å². The molecule has 2 aromatic carbocycles. The lowest BCUT2D eigenvalue weighted by atomic mass is 10.2. The zero-order valence-corrected chi connectivity index (χ0v) is 17.2. The van der Waals surface area contributed by atoms with Crippen molar-refractivity contribution >= 4 is 21.6 Å². The first-order valence-corrected chi connectivity index (χ1v) is 10.3. The van der Waals surface area contributed by atoms with Crippen LogP contribution in [-0.4, -0.2) is 31.0 Å². The number of methoxy groups -OCH3 is 1. The Bertz CT molecular complexity index is 1120. The topological polar surface area (TPSA) is 102 Å². The summed E-state index contributed by atoms with van der Waals surface area (Å²) >= 11 is 0. The number of carbonyl (C=O) groups is 1. The quantitative estimate of drug-likeness (QED) is 0.619. The zero-order chi connectivity index (χ0) is 21.0. The molecule has 0 saturated heterocycles. The summed E-state index contributed by atoms with van der Waals surface area (Å²) in [6.07, 6.45) is 3.59. The monoisotopic (exact) mass is 414 g/mol. The fraction of sp³-hybridized carbons (Fsp3) is 0.200. The number of nitrogens with zero attached hydrogens (tertiary/aromatic N) is 2. The van der Waals surface area contributed by atoms with Crippen LogP contribution in [-0.2, 0) is 21.4 Å². The Hall–Kier alpha value is -3.17. The van der Waals surface area contributed by atoms with Gasteiger partial charge in [-0.05, 0) is 42.8 Å². The zero-order valence-electron chi connectivity index (χ0n) is 16.3. The summed E-state index contributed by atoms with van der Waals surface area (Å²) < 4.78 is 35.0. The van der Waals surface area contributed by atoms with Crippen LogP contribution in [0.5, 0.6) is 5.75 Å². The Morgan fingerprint density at radius 1 is 1.17 bits per heavy atom. The van der Waals surface area contributed by atoms with Gasteiger partial charge in [-0.15, -0.1) is 0 Å². The summed E-state index contributed by atoms with van der Waals surface area (Å²) in [5.41, 5.74) is 2.05. The molecule has 0 aliphatic rings. The second-order valence-electron chi connectivity index (χ2n) is 6.38. The van der Waals surface area contributed by atoms with Crippen LogP contribution in [0.15, 0.2) is 59.8 Å². The van der Waals surface area contributed by atoms with Crippen molar-refractivity contribution in [1.29, 1.82) is 0 Å². The van der Waals surface area contributed by atoms with E-state index in [2.05, 4.69) is 15.0 Å². The second-order valence-corrected chi connectivity index (χ2v) is 8.15. The molecule has 2 N–H and O–H groups in total. The highest BCUT2D eigenvalue weighted by molar-refractivity contribution is 7.89. The van der Waals surface area contributed by atoms with Gasteiger partial charge < -0.3 is 14.6 Å². The third kappa shape index (κ3) is 4.82. The van der Waals surface area contributed by atoms with E-state index in [-0.39, 0.29) is 17.3 Å². The molecule has 3 rings (SSSR count). The average Bonchev–Trinajstić information content (AvgIpc) is 3.12. The molecule has 1 heterocycles. The summed E-state index contributed by atoms with van der Waals surface area (Å²) in [7, 11) is -2.33. The molecule has 0 aliphatic heterocycles. The highest BCUT2D eigenvalue weighted by atomic mass is 32.2. The lowest BCUT2D eigenvalue weighted by molar-refractivity contribution is -0.114. The van der Waals surface area contributed by atoms with Gasteiger partial charge in [-0.25, -0.2) is 18.1 Å². The molecule has 3 aromatic rings. The number of hydrogen-bond donors (Lipinski definition) is 2. The molecule has 0 saturated carbocycles. The molecule has 0 aliphatic carbocycles. The summed E-state index contributed by atoms with van der Waals surface area (Å²) in [6.45, 7) is 3.38. The Morgan fingerprint density at radius 2 is 1.90 bits per heavy atom. The van der Waals surface area contributed by atoms with E-state index in [1.165, 1.54) is 32.2 Å². The van der Waals surface area contributed by atoms with Crippen molar-refractivity contribution < 1.29 is 17.9 Å². The normalized spacial score (nSPS) is 11.3. The third-order valence-corrected chi connectivity index (χ3v) is 5.70. The number of rotatable bonds is 7. The number of sulfonamides is 1. The molecule has 0 radical (unpaired) electrons. The van der Waals surface area contributed by atoms with E-state index in [1.807, 2.05) is 42.0 Å². The molecule has 0 fully saturated rings. The van der Waals surface area contributed by atoms with Gasteiger partial charge in [0.1, 0.15) is 11.6 Å². The summed E-state index contributed by atoms with van der Waals surface area (Å²) in [5.74, 6) is 0.927. The smallest absolute Gasteiger partial charge is 0.240 e. The van der Waals surface area contributed by atoms with Crippen LogP contribution in [0, 0.1) is 6.92 Å². The maximum Gasteiger partial charge on any atom is 0.240 e. The van der Waals surface area contributed by atoms with Crippen LogP contribution < -0.4 is 14.8 Å². The van der Waals surface area contributed by atoms with E-state index >= 15 is 0 Å². The molecule has 0 spiro atoms. The molecule has 9 heteroatoms. The van der Waals surface area contributed by atoms with Gasteiger partial charge in [-0.3, -0.25) is 4.79 Å². The van der Waals surface area contributed by atoms with Crippen molar-refractivity contribution in [1.82, 2.24) is 14.3 Å². The van der Waals surface area contributed by atoms with Gasteiger partial charge in [-0.2, -0.15) is 0 Å². The molecular weight excluding hydrogens is 392 g/mol. The van der Waals surface area contributed by atoms with Crippen molar-refractivity contribution in [3.63, 3.8) is 0 Å². The van der Waals surface area contributed by atoms with Crippen LogP contribution in [0.2, 0.25) is 0 Å². The first-order valence-electron chi connectivity index (χ1n) is 8.85. The Labute approximate surface area is 169 Å². The van der Waals surface area contributed by atoms with Gasteiger partial charge in [0.15, 0.2) is 0 Å². The number of amides is 1. The molecule has 0 atom stereocenters. The molecule has 8 nitrogen and oxygen atoms in total. The lowest BCUT2D eigenvalue weighted by Crippen LogP contribution is -2.23. The highest BCUT2D eigenvalue weighted by Gasteiger charge is 2.17. The number of aryl methyl sites for hydroxylation is 1. The van der Waals surface area contributed by atoms with E-state index in [4.69, 9.17) is 4.74 Å². The SMILES string of the molecule is COc1ccc(S(=O)(=O)NCc2ccc(-n3ccnc3C)cc2)cc1NC(C)=O. The second kappa shape index (κ2) is 8.46. The number of nitrogens with one attached hydrogen (secondary N) is 2. The lowest BCUT2D eigenvalue weighted by Gasteiger charge is -2.12. The Kier molecular flexibility index (Phi) is 6.00. The maximum absolute atomic E-state index is 12.7. The number of carbonyl (C=O) groups excluding carboxylic acids is 1. The van der Waals surface area contributed by atoms with Crippen LogP contribution in [0.3, 0.4) is 0 Å². The highest BCUT2D eigenvalue weighted by Crippen LogP contribution is 2.27. The van der Waals surface area contributed by atoms with Crippen LogP contribution in [0.1, 0.15) is 18.3 Å². The van der Waals surface area contributed by atoms with Gasteiger partial charge in [0, 0.05) is 31.5 Å². The standard InChI is InChI=1S/C20H22N4O4S/c1-14-21-10-11-24(14)17-6-4-16(5-7-17)13-22-29(26,27)18-8-9-20(28-3)19(12-18)23-15(2)25/h4-12,22H,13H2,1-3H3,(H,23,25). The van der Waals surface area contributed by atoms with Gasteiger partial charge in [-0.1, -0.05) is 12.1 Å². The van der Waals surface area contributed by atoms with Crippen molar-refractivity contribution in [2.45, 2.75) is 25.3 Å². The van der Waals surface area contributed by atoms with Gasteiger partial charge in [0.2, 0.25) is 15.9 Å². The number of anilines is 1. The first-order chi connectivity index (χ1) is 13.8. The minimum Gasteiger partial charge on any atom is -0.495 e. The number of aromatic nitrogens is 2. The maximum atomic E-state index is 12.7. The predicted molar refractivity (Wildman–Crippen MR) is 110 cm³/mol. The Balaban J connectivity index is 1.74. The van der Waals surface area contributed by atoms with Crippen molar-refractivity contribution in [2.24, 2.45) is 0 Å². The molecule has 152 valence electrons. The molecule has 0 unspecified atom stereocenters. The number of benzene rings is 2. The fourth-order valence-electron chi connectivity index (χ4n) is 2.83. The van der Waals surface area contributed by atoms with E-state index in [9.17, 15) is 13.2 Å². The van der Waals surface area contributed by atoms with Crippen LogP contribution in [0.4, 0.5) is 5.69 Å². The molecule has 0 bridgehead atoms. The molecular formula is C20H22N4O4S. The summed E-state index contributed by atoms with van der Waals surface area (Å²) in [4.78, 5) is 15.6. The number of hydrogen-bond acceptors (Lipinski definition) is 5. The largest absolute Gasteiger partial charge is 0.495 e. The van der Waals surface area contributed by atoms with E-state index in [0.717, 1.165) is 17.1 Å². The number of ether oxygens (including phenoxy) is 1. The van der Waals surface area contributed by atoms with E-state index in [0.29, 0.717) is 11.4 Å². The summed E-state index contributed by atoms with van der Waals surface area (Å²) in [5, 5.41) is 2.57.